The zero-order chi connectivity index (χ0) is 14.3. The van der Waals surface area contributed by atoms with Crippen LogP contribution in [0.3, 0.4) is 0 Å². The third kappa shape index (κ3) is 3.08. The van der Waals surface area contributed by atoms with Crippen molar-refractivity contribution >= 4 is 27.6 Å². The van der Waals surface area contributed by atoms with E-state index in [0.29, 0.717) is 18.4 Å². The van der Waals surface area contributed by atoms with Crippen LogP contribution in [0.4, 0.5) is 0 Å². The predicted octanol–water partition coefficient (Wildman–Crippen LogP) is 1.93. The molecule has 0 heterocycles. The second kappa shape index (κ2) is 4.77. The topological polar surface area (TPSA) is 83.5 Å². The van der Waals surface area contributed by atoms with Gasteiger partial charge in [-0.2, -0.15) is 0 Å². The first kappa shape index (κ1) is 14.3. The Morgan fingerprint density at radius 1 is 1.47 bits per heavy atom. The minimum Gasteiger partial charge on any atom is -0.481 e. The number of rotatable bonds is 5. The van der Waals surface area contributed by atoms with Crippen LogP contribution in [0.25, 0.3) is 0 Å². The van der Waals surface area contributed by atoms with E-state index in [-0.39, 0.29) is 16.3 Å². The summed E-state index contributed by atoms with van der Waals surface area (Å²) in [5, 5.41) is 8.96. The molecule has 0 aliphatic heterocycles. The SMILES string of the molecule is Cc1cccc(S(=O)(=O)NC2(CC(=O)O)CC2)c1Cl. The van der Waals surface area contributed by atoms with E-state index in [1.165, 1.54) is 6.07 Å². The minimum atomic E-state index is -3.80. The van der Waals surface area contributed by atoms with Crippen LogP contribution in [-0.2, 0) is 14.8 Å². The lowest BCUT2D eigenvalue weighted by atomic mass is 10.2. The molecule has 2 N–H and O–H groups in total. The first-order valence-electron chi connectivity index (χ1n) is 5.77. The van der Waals surface area contributed by atoms with E-state index in [2.05, 4.69) is 4.72 Å². The number of nitrogens with one attached hydrogen (secondary N) is 1. The summed E-state index contributed by atoms with van der Waals surface area (Å²) in [4.78, 5) is 10.7. The van der Waals surface area contributed by atoms with Gasteiger partial charge in [-0.1, -0.05) is 23.7 Å². The van der Waals surface area contributed by atoms with Gasteiger partial charge in [0, 0.05) is 5.54 Å². The van der Waals surface area contributed by atoms with Gasteiger partial charge in [0.15, 0.2) is 0 Å². The van der Waals surface area contributed by atoms with E-state index in [1.807, 2.05) is 0 Å². The highest BCUT2D eigenvalue weighted by molar-refractivity contribution is 7.89. The molecule has 1 saturated carbocycles. The maximum absolute atomic E-state index is 12.3. The smallest absolute Gasteiger partial charge is 0.305 e. The fourth-order valence-electron chi connectivity index (χ4n) is 1.92. The number of aliphatic carboxylic acids is 1. The molecule has 1 aromatic carbocycles. The number of benzene rings is 1. The molecular weight excluding hydrogens is 290 g/mol. The summed E-state index contributed by atoms with van der Waals surface area (Å²) in [6.07, 6.45) is 0.847. The van der Waals surface area contributed by atoms with Gasteiger partial charge in [0.25, 0.3) is 0 Å². The molecule has 0 unspecified atom stereocenters. The molecule has 0 spiro atoms. The number of hydrogen-bond acceptors (Lipinski definition) is 3. The lowest BCUT2D eigenvalue weighted by Crippen LogP contribution is -2.38. The van der Waals surface area contributed by atoms with Crippen LogP contribution in [0, 0.1) is 6.92 Å². The second-order valence-corrected chi connectivity index (χ2v) is 6.87. The highest BCUT2D eigenvalue weighted by Gasteiger charge is 2.48. The van der Waals surface area contributed by atoms with Gasteiger partial charge in [0.1, 0.15) is 4.90 Å². The highest BCUT2D eigenvalue weighted by Crippen LogP contribution is 2.40. The van der Waals surface area contributed by atoms with Crippen molar-refractivity contribution in [2.75, 3.05) is 0 Å². The molecule has 104 valence electrons. The molecule has 0 radical (unpaired) electrons. The number of halogens is 1. The molecule has 1 aliphatic rings. The van der Waals surface area contributed by atoms with E-state index in [1.54, 1.807) is 19.1 Å². The summed E-state index contributed by atoms with van der Waals surface area (Å²) in [7, 11) is -3.80. The number of aryl methyl sites for hydroxylation is 1. The molecule has 19 heavy (non-hydrogen) atoms. The van der Waals surface area contributed by atoms with Crippen molar-refractivity contribution in [1.82, 2.24) is 4.72 Å². The van der Waals surface area contributed by atoms with Crippen molar-refractivity contribution in [3.05, 3.63) is 28.8 Å². The van der Waals surface area contributed by atoms with E-state index in [4.69, 9.17) is 16.7 Å². The van der Waals surface area contributed by atoms with Gasteiger partial charge in [-0.3, -0.25) is 4.79 Å². The molecule has 0 aromatic heterocycles. The zero-order valence-electron chi connectivity index (χ0n) is 10.3. The van der Waals surface area contributed by atoms with Crippen LogP contribution in [0.5, 0.6) is 0 Å². The Balaban J connectivity index is 2.29. The summed E-state index contributed by atoms with van der Waals surface area (Å²) in [5.41, 5.74) is -0.190. The van der Waals surface area contributed by atoms with Gasteiger partial charge < -0.3 is 5.11 Å². The summed E-state index contributed by atoms with van der Waals surface area (Å²) in [6, 6.07) is 4.73. The number of carboxylic acid groups (broad SMARTS) is 1. The van der Waals surface area contributed by atoms with Gasteiger partial charge in [0.2, 0.25) is 10.0 Å². The van der Waals surface area contributed by atoms with Gasteiger partial charge in [0.05, 0.1) is 11.4 Å². The number of sulfonamides is 1. The summed E-state index contributed by atoms with van der Waals surface area (Å²) in [5.74, 6) is -1.02. The van der Waals surface area contributed by atoms with E-state index in [0.717, 1.165) is 0 Å². The van der Waals surface area contributed by atoms with Crippen LogP contribution < -0.4 is 4.72 Å². The highest BCUT2D eigenvalue weighted by atomic mass is 35.5. The first-order chi connectivity index (χ1) is 8.76. The van der Waals surface area contributed by atoms with Crippen LogP contribution >= 0.6 is 11.6 Å². The second-order valence-electron chi connectivity index (χ2n) is 4.84. The maximum Gasteiger partial charge on any atom is 0.305 e. The normalized spacial score (nSPS) is 17.2. The quantitative estimate of drug-likeness (QED) is 0.870. The molecule has 0 amide bonds. The molecule has 0 saturated heterocycles. The van der Waals surface area contributed by atoms with Crippen molar-refractivity contribution in [2.45, 2.75) is 36.6 Å². The van der Waals surface area contributed by atoms with Gasteiger partial charge in [-0.25, -0.2) is 13.1 Å². The third-order valence-electron chi connectivity index (χ3n) is 3.14. The number of carboxylic acids is 1. The largest absolute Gasteiger partial charge is 0.481 e. The fourth-order valence-corrected chi connectivity index (χ4v) is 3.96. The average Bonchev–Trinajstić information content (AvgIpc) is 2.99. The Morgan fingerprint density at radius 3 is 2.63 bits per heavy atom. The number of hydrogen-bond donors (Lipinski definition) is 2. The van der Waals surface area contributed by atoms with E-state index in [9.17, 15) is 13.2 Å². The molecule has 7 heteroatoms. The van der Waals surface area contributed by atoms with Crippen molar-refractivity contribution < 1.29 is 18.3 Å². The Hall–Kier alpha value is -1.11. The van der Waals surface area contributed by atoms with Gasteiger partial charge >= 0.3 is 5.97 Å². The standard InChI is InChI=1S/C12H14ClNO4S/c1-8-3-2-4-9(11(8)13)19(17,18)14-12(5-6-12)7-10(15)16/h2-4,14H,5-7H2,1H3,(H,15,16). The fraction of sp³-hybridized carbons (Fsp3) is 0.417. The molecule has 1 aliphatic carbocycles. The van der Waals surface area contributed by atoms with Gasteiger partial charge in [-0.05, 0) is 31.4 Å². The van der Waals surface area contributed by atoms with Crippen LogP contribution in [0.2, 0.25) is 5.02 Å². The Bertz CT molecular complexity index is 623. The first-order valence-corrected chi connectivity index (χ1v) is 7.63. The van der Waals surface area contributed by atoms with Crippen LogP contribution in [0.1, 0.15) is 24.8 Å². The Labute approximate surface area is 116 Å². The monoisotopic (exact) mass is 303 g/mol. The lowest BCUT2D eigenvalue weighted by Gasteiger charge is -2.16. The molecule has 0 atom stereocenters. The Morgan fingerprint density at radius 2 is 2.11 bits per heavy atom. The van der Waals surface area contributed by atoms with E-state index < -0.39 is 21.5 Å². The van der Waals surface area contributed by atoms with Crippen LogP contribution in [-0.4, -0.2) is 25.0 Å². The minimum absolute atomic E-state index is 0.00849. The predicted molar refractivity (Wildman–Crippen MR) is 70.7 cm³/mol. The summed E-state index contributed by atoms with van der Waals surface area (Å²) in [6.45, 7) is 1.71. The molecule has 1 fully saturated rings. The average molecular weight is 304 g/mol. The molecule has 5 nitrogen and oxygen atoms in total. The van der Waals surface area contributed by atoms with Crippen molar-refractivity contribution in [2.24, 2.45) is 0 Å². The van der Waals surface area contributed by atoms with Crippen molar-refractivity contribution in [3.8, 4) is 0 Å². The molecule has 2 rings (SSSR count). The van der Waals surface area contributed by atoms with Crippen molar-refractivity contribution in [1.29, 1.82) is 0 Å². The zero-order valence-corrected chi connectivity index (χ0v) is 11.9. The van der Waals surface area contributed by atoms with Gasteiger partial charge in [-0.15, -0.1) is 0 Å². The summed E-state index contributed by atoms with van der Waals surface area (Å²) < 4.78 is 27.0. The molecule has 1 aromatic rings. The lowest BCUT2D eigenvalue weighted by molar-refractivity contribution is -0.137. The number of carbonyl (C=O) groups is 1. The van der Waals surface area contributed by atoms with Crippen LogP contribution in [0.15, 0.2) is 23.1 Å². The van der Waals surface area contributed by atoms with Crippen molar-refractivity contribution in [3.63, 3.8) is 0 Å². The molecular formula is C12H14ClNO4S. The maximum atomic E-state index is 12.3. The Kier molecular flexibility index (Phi) is 3.59. The summed E-state index contributed by atoms with van der Waals surface area (Å²) >= 11 is 6.00. The third-order valence-corrected chi connectivity index (χ3v) is 5.37. The molecule has 0 bridgehead atoms. The van der Waals surface area contributed by atoms with E-state index >= 15 is 0 Å².